The van der Waals surface area contributed by atoms with Crippen molar-refractivity contribution in [3.05, 3.63) is 82.4 Å². The summed E-state index contributed by atoms with van der Waals surface area (Å²) in [6.45, 7) is 4.21. The number of nitrogens with zero attached hydrogens (tertiary/aromatic N) is 2. The number of halogens is 7. The highest BCUT2D eigenvalue weighted by Gasteiger charge is 2.41. The van der Waals surface area contributed by atoms with Gasteiger partial charge < -0.3 is 9.69 Å². The average Bonchev–Trinajstić information content (AvgIpc) is 2.95. The molecule has 4 nitrogen and oxygen atoms in total. The van der Waals surface area contributed by atoms with Crippen molar-refractivity contribution in [3.8, 4) is 11.1 Å². The van der Waals surface area contributed by atoms with E-state index in [0.29, 0.717) is 47.4 Å². The maximum atomic E-state index is 14.0. The number of rotatable bonds is 6. The van der Waals surface area contributed by atoms with Crippen LogP contribution in [0.3, 0.4) is 0 Å². The number of pyridine rings is 1. The van der Waals surface area contributed by atoms with E-state index in [9.17, 15) is 40.3 Å². The number of carbonyl (C=O) groups excluding carboxylic acids is 2. The van der Waals surface area contributed by atoms with Gasteiger partial charge in [-0.15, -0.1) is 0 Å². The van der Waals surface area contributed by atoms with Crippen LogP contribution in [0.1, 0.15) is 73.4 Å². The minimum absolute atomic E-state index is 0.0194. The predicted octanol–water partition coefficient (Wildman–Crippen LogP) is 8.65. The lowest BCUT2D eigenvalue weighted by atomic mass is 9.80. The summed E-state index contributed by atoms with van der Waals surface area (Å²) in [6.07, 6.45) is -4.91. The molecule has 1 amide bonds. The maximum Gasteiger partial charge on any atom is 0.416 e. The highest BCUT2D eigenvalue weighted by Crippen LogP contribution is 2.42. The smallest absolute Gasteiger partial charge is 0.313 e. The Morgan fingerprint density at radius 2 is 1.42 bits per heavy atom. The highest BCUT2D eigenvalue weighted by molar-refractivity contribution is 6.03. The second-order valence-corrected chi connectivity index (χ2v) is 11.6. The molecular formula is C32H31F7N2O2. The van der Waals surface area contributed by atoms with Crippen molar-refractivity contribution in [2.24, 2.45) is 5.92 Å². The molecule has 3 aromatic rings. The number of carbonyl (C=O) groups is 2. The lowest BCUT2D eigenvalue weighted by molar-refractivity contribution is -0.143. The van der Waals surface area contributed by atoms with Gasteiger partial charge in [-0.05, 0) is 99.5 Å². The summed E-state index contributed by atoms with van der Waals surface area (Å²) in [6, 6.07) is 7.04. The summed E-state index contributed by atoms with van der Waals surface area (Å²) in [7, 11) is 1.37. The normalized spacial score (nSPS) is 17.9. The minimum Gasteiger partial charge on any atom is -0.313 e. The number of hydrogen-bond donors (Lipinski definition) is 0. The molecule has 43 heavy (non-hydrogen) atoms. The highest BCUT2D eigenvalue weighted by atomic mass is 19.4. The first-order valence-electron chi connectivity index (χ1n) is 13.7. The van der Waals surface area contributed by atoms with Gasteiger partial charge in [0.25, 0.3) is 0 Å². The van der Waals surface area contributed by atoms with Crippen molar-refractivity contribution < 1.29 is 40.3 Å². The van der Waals surface area contributed by atoms with E-state index in [-0.39, 0.29) is 23.6 Å². The number of aryl methyl sites for hydroxylation is 1. The molecule has 0 atom stereocenters. The van der Waals surface area contributed by atoms with Gasteiger partial charge in [0.1, 0.15) is 12.1 Å². The monoisotopic (exact) mass is 608 g/mol. The van der Waals surface area contributed by atoms with E-state index in [1.54, 1.807) is 19.1 Å². The summed E-state index contributed by atoms with van der Waals surface area (Å²) in [5, 5.41) is 0. The number of hydrogen-bond acceptors (Lipinski definition) is 3. The molecule has 0 spiro atoms. The van der Waals surface area contributed by atoms with E-state index in [4.69, 9.17) is 0 Å². The third-order valence-corrected chi connectivity index (χ3v) is 8.28. The van der Waals surface area contributed by atoms with E-state index in [0.717, 1.165) is 24.0 Å². The van der Waals surface area contributed by atoms with E-state index < -0.39 is 46.2 Å². The molecule has 1 aromatic heterocycles. The molecule has 230 valence electrons. The summed E-state index contributed by atoms with van der Waals surface area (Å²) in [4.78, 5) is 30.9. The average molecular weight is 609 g/mol. The number of alkyl halides is 6. The number of amides is 1. The van der Waals surface area contributed by atoms with Gasteiger partial charge in [0.05, 0.1) is 28.4 Å². The first-order chi connectivity index (χ1) is 19.9. The number of aldehydes is 1. The van der Waals surface area contributed by atoms with Crippen LogP contribution in [0.5, 0.6) is 0 Å². The Morgan fingerprint density at radius 3 is 1.93 bits per heavy atom. The largest absolute Gasteiger partial charge is 0.416 e. The molecular weight excluding hydrogens is 577 g/mol. The van der Waals surface area contributed by atoms with Crippen LogP contribution < -0.4 is 4.90 Å². The molecule has 11 heteroatoms. The van der Waals surface area contributed by atoms with Gasteiger partial charge in [0, 0.05) is 30.1 Å². The zero-order valence-corrected chi connectivity index (χ0v) is 24.0. The molecule has 0 bridgehead atoms. The second-order valence-electron chi connectivity index (χ2n) is 11.6. The Balaban J connectivity index is 1.80. The summed E-state index contributed by atoms with van der Waals surface area (Å²) in [5.41, 5.74) is -2.71. The van der Waals surface area contributed by atoms with Gasteiger partial charge in [-0.25, -0.2) is 4.39 Å². The zero-order chi connectivity index (χ0) is 31.9. The third kappa shape index (κ3) is 6.75. The van der Waals surface area contributed by atoms with Crippen molar-refractivity contribution in [1.82, 2.24) is 4.98 Å². The molecule has 1 aliphatic carbocycles. The molecule has 4 rings (SSSR count). The Morgan fingerprint density at radius 1 is 0.860 bits per heavy atom. The van der Waals surface area contributed by atoms with Crippen molar-refractivity contribution in [1.29, 1.82) is 0 Å². The fourth-order valence-electron chi connectivity index (χ4n) is 5.62. The van der Waals surface area contributed by atoms with Gasteiger partial charge in [-0.2, -0.15) is 26.3 Å². The quantitative estimate of drug-likeness (QED) is 0.208. The Kier molecular flexibility index (Phi) is 8.77. The van der Waals surface area contributed by atoms with Crippen LogP contribution >= 0.6 is 0 Å². The SMILES string of the molecule is Cc1cc(F)ccc1-c1cc(C2CCC(C=O)CC2)ncc1N(C)C(=O)C(C)(C)c1cc(C(F)(F)F)cc(C(F)(F)F)c1. The molecule has 0 unspecified atom stereocenters. The van der Waals surface area contributed by atoms with Crippen molar-refractivity contribution in [2.75, 3.05) is 11.9 Å². The van der Waals surface area contributed by atoms with Crippen LogP contribution in [0, 0.1) is 18.7 Å². The van der Waals surface area contributed by atoms with Gasteiger partial charge >= 0.3 is 12.4 Å². The lowest BCUT2D eigenvalue weighted by Crippen LogP contribution is -2.42. The van der Waals surface area contributed by atoms with Crippen molar-refractivity contribution in [3.63, 3.8) is 0 Å². The van der Waals surface area contributed by atoms with Crippen LogP contribution in [-0.2, 0) is 27.4 Å². The molecule has 0 N–H and O–H groups in total. The van der Waals surface area contributed by atoms with Crippen LogP contribution in [-0.4, -0.2) is 24.2 Å². The van der Waals surface area contributed by atoms with Gasteiger partial charge in [0.2, 0.25) is 5.91 Å². The molecule has 0 saturated heterocycles. The summed E-state index contributed by atoms with van der Waals surface area (Å²) < 4.78 is 95.4. The third-order valence-electron chi connectivity index (χ3n) is 8.28. The molecule has 0 radical (unpaired) electrons. The summed E-state index contributed by atoms with van der Waals surface area (Å²) in [5.74, 6) is -1.23. The standard InChI is InChI=1S/C32H31F7N2O2/c1-18-11-24(33)9-10-25(18)26-15-27(20-7-5-19(17-42)6-8-20)40-16-28(26)41(4)29(43)30(2,3)21-12-22(31(34,35)36)14-23(13-21)32(37,38)39/h9-17,19-20H,5-8H2,1-4H3. The fourth-order valence-corrected chi connectivity index (χ4v) is 5.62. The zero-order valence-electron chi connectivity index (χ0n) is 24.0. The van der Waals surface area contributed by atoms with Gasteiger partial charge in [-0.1, -0.05) is 6.07 Å². The van der Waals surface area contributed by atoms with Crippen LogP contribution in [0.25, 0.3) is 11.1 Å². The molecule has 1 aliphatic rings. The van der Waals surface area contributed by atoms with E-state index >= 15 is 0 Å². The molecule has 1 heterocycles. The first-order valence-corrected chi connectivity index (χ1v) is 13.7. The predicted molar refractivity (Wildman–Crippen MR) is 148 cm³/mol. The van der Waals surface area contributed by atoms with Gasteiger partial charge in [0.15, 0.2) is 0 Å². The number of aromatic nitrogens is 1. The van der Waals surface area contributed by atoms with E-state index in [1.165, 1.54) is 39.2 Å². The molecule has 0 aliphatic heterocycles. The van der Waals surface area contributed by atoms with E-state index in [2.05, 4.69) is 4.98 Å². The number of likely N-dealkylation sites (N-methyl/N-ethyl adjacent to an activating group) is 1. The first kappa shape index (κ1) is 32.2. The Hall–Kier alpha value is -3.76. The summed E-state index contributed by atoms with van der Waals surface area (Å²) >= 11 is 0. The molecule has 1 fully saturated rings. The maximum absolute atomic E-state index is 14.0. The fraction of sp³-hybridized carbons (Fsp3) is 0.406. The van der Waals surface area contributed by atoms with Crippen molar-refractivity contribution in [2.45, 2.75) is 70.1 Å². The van der Waals surface area contributed by atoms with E-state index in [1.807, 2.05) is 0 Å². The Labute approximate surface area is 244 Å². The Bertz CT molecular complexity index is 1490. The van der Waals surface area contributed by atoms with Gasteiger partial charge in [-0.3, -0.25) is 9.78 Å². The number of benzene rings is 2. The lowest BCUT2D eigenvalue weighted by Gasteiger charge is -2.32. The topological polar surface area (TPSA) is 50.3 Å². The van der Waals surface area contributed by atoms with Crippen LogP contribution in [0.15, 0.2) is 48.7 Å². The van der Waals surface area contributed by atoms with Crippen LogP contribution in [0.2, 0.25) is 0 Å². The molecule has 1 saturated carbocycles. The van der Waals surface area contributed by atoms with Crippen LogP contribution in [0.4, 0.5) is 36.4 Å². The minimum atomic E-state index is -5.07. The van der Waals surface area contributed by atoms with Crippen molar-refractivity contribution >= 4 is 17.9 Å². The molecule has 2 aromatic carbocycles. The number of anilines is 1. The second kappa shape index (κ2) is 11.7.